The molecule has 2 unspecified atom stereocenters. The number of hydrogen-bond acceptors (Lipinski definition) is 7. The van der Waals surface area contributed by atoms with Gasteiger partial charge in [0.2, 0.25) is 0 Å². The third-order valence-corrected chi connectivity index (χ3v) is 3.54. The summed E-state index contributed by atoms with van der Waals surface area (Å²) in [4.78, 5) is 33.5. The average Bonchev–Trinajstić information content (AvgIpc) is 3.05. The Morgan fingerprint density at radius 3 is 3.19 bits per heavy atom. The molecule has 1 aliphatic rings. The Kier molecular flexibility index (Phi) is 3.43. The van der Waals surface area contributed by atoms with Gasteiger partial charge in [-0.2, -0.15) is 4.52 Å². The lowest BCUT2D eigenvalue weighted by atomic mass is 10.2. The number of ether oxygens (including phenoxy) is 1. The van der Waals surface area contributed by atoms with E-state index in [4.69, 9.17) is 4.74 Å². The normalized spacial score (nSPS) is 22.8. The molecule has 0 bridgehead atoms. The van der Waals surface area contributed by atoms with Crippen LogP contribution in [0.25, 0.3) is 5.78 Å². The first-order chi connectivity index (χ1) is 10.1. The number of carbonyl (C=O) groups is 1. The van der Waals surface area contributed by atoms with Gasteiger partial charge in [-0.3, -0.25) is 19.6 Å². The molecule has 9 heteroatoms. The minimum atomic E-state index is -0.593. The van der Waals surface area contributed by atoms with Crippen molar-refractivity contribution in [2.45, 2.75) is 25.1 Å². The van der Waals surface area contributed by atoms with Gasteiger partial charge in [0.15, 0.2) is 0 Å². The lowest BCUT2D eigenvalue weighted by molar-refractivity contribution is -0.146. The Bertz CT molecular complexity index is 724. The van der Waals surface area contributed by atoms with Gasteiger partial charge in [-0.25, -0.2) is 9.97 Å². The maximum Gasteiger partial charge on any atom is 0.323 e. The van der Waals surface area contributed by atoms with Crippen molar-refractivity contribution in [1.82, 2.24) is 24.5 Å². The van der Waals surface area contributed by atoms with E-state index < -0.39 is 18.1 Å². The second-order valence-corrected chi connectivity index (χ2v) is 4.97. The van der Waals surface area contributed by atoms with Gasteiger partial charge in [-0.1, -0.05) is 0 Å². The smallest absolute Gasteiger partial charge is 0.323 e. The number of aliphatic hydroxyl groups is 1. The number of aromatic amines is 1. The summed E-state index contributed by atoms with van der Waals surface area (Å²) >= 11 is 0. The number of H-pyrrole nitrogens is 1. The number of β-amino-alcohol motifs (C(OH)–C–C–N with tert-alkyl or cyclic N) is 1. The number of aromatic nitrogens is 4. The van der Waals surface area contributed by atoms with Crippen LogP contribution >= 0.6 is 0 Å². The molecule has 0 amide bonds. The number of rotatable bonds is 3. The van der Waals surface area contributed by atoms with E-state index in [-0.39, 0.29) is 17.9 Å². The van der Waals surface area contributed by atoms with Crippen molar-refractivity contribution < 1.29 is 14.6 Å². The molecule has 3 rings (SSSR count). The van der Waals surface area contributed by atoms with Gasteiger partial charge in [0.05, 0.1) is 18.9 Å². The van der Waals surface area contributed by atoms with Crippen LogP contribution in [-0.2, 0) is 16.1 Å². The number of methoxy groups -OCH3 is 1. The molecule has 112 valence electrons. The molecule has 21 heavy (non-hydrogen) atoms. The molecule has 0 saturated carbocycles. The number of hydrogen-bond donors (Lipinski definition) is 2. The SMILES string of the molecule is COC(=O)C1CC(O)CN1Cc1cc(=O)n2[nH]cnc2n1. The van der Waals surface area contributed by atoms with Gasteiger partial charge in [0.25, 0.3) is 11.3 Å². The number of nitrogens with one attached hydrogen (secondary N) is 1. The average molecular weight is 293 g/mol. The molecular weight excluding hydrogens is 278 g/mol. The van der Waals surface area contributed by atoms with E-state index in [1.54, 1.807) is 4.90 Å². The summed E-state index contributed by atoms with van der Waals surface area (Å²) in [6, 6.07) is 0.856. The maximum absolute atomic E-state index is 11.9. The number of esters is 1. The Hall–Kier alpha value is -2.26. The van der Waals surface area contributed by atoms with Crippen molar-refractivity contribution in [2.24, 2.45) is 0 Å². The summed E-state index contributed by atoms with van der Waals surface area (Å²) in [5.41, 5.74) is 0.219. The number of carbonyl (C=O) groups excluding carboxylic acids is 1. The summed E-state index contributed by atoms with van der Waals surface area (Å²) in [6.07, 6.45) is 1.10. The van der Waals surface area contributed by atoms with Crippen LogP contribution < -0.4 is 5.56 Å². The zero-order valence-electron chi connectivity index (χ0n) is 11.4. The number of aliphatic hydroxyl groups excluding tert-OH is 1. The third-order valence-electron chi connectivity index (χ3n) is 3.54. The van der Waals surface area contributed by atoms with E-state index in [9.17, 15) is 14.7 Å². The Labute approximate surface area is 119 Å². The summed E-state index contributed by atoms with van der Waals surface area (Å²) in [6.45, 7) is 0.608. The summed E-state index contributed by atoms with van der Waals surface area (Å²) < 4.78 is 5.96. The van der Waals surface area contributed by atoms with Crippen LogP contribution in [0, 0.1) is 0 Å². The highest BCUT2D eigenvalue weighted by atomic mass is 16.5. The second kappa shape index (κ2) is 5.26. The van der Waals surface area contributed by atoms with Crippen LogP contribution in [0.15, 0.2) is 17.2 Å². The first-order valence-corrected chi connectivity index (χ1v) is 6.50. The lowest BCUT2D eigenvalue weighted by Crippen LogP contribution is -2.37. The molecule has 9 nitrogen and oxygen atoms in total. The van der Waals surface area contributed by atoms with Gasteiger partial charge in [0, 0.05) is 25.6 Å². The van der Waals surface area contributed by atoms with Crippen LogP contribution in [0.5, 0.6) is 0 Å². The third kappa shape index (κ3) is 2.52. The molecule has 0 aliphatic carbocycles. The van der Waals surface area contributed by atoms with Crippen LogP contribution in [0.1, 0.15) is 12.1 Å². The molecule has 2 atom stereocenters. The predicted octanol–water partition coefficient (Wildman–Crippen LogP) is -1.47. The second-order valence-electron chi connectivity index (χ2n) is 4.97. The van der Waals surface area contributed by atoms with E-state index in [0.717, 1.165) is 0 Å². The van der Waals surface area contributed by atoms with Gasteiger partial charge in [-0.05, 0) is 0 Å². The molecule has 1 aliphatic heterocycles. The molecule has 2 N–H and O–H groups in total. The van der Waals surface area contributed by atoms with Crippen molar-refractivity contribution >= 4 is 11.7 Å². The monoisotopic (exact) mass is 293 g/mol. The molecule has 0 radical (unpaired) electrons. The van der Waals surface area contributed by atoms with E-state index in [2.05, 4.69) is 15.1 Å². The molecule has 0 aromatic carbocycles. The van der Waals surface area contributed by atoms with Crippen LogP contribution in [0.4, 0.5) is 0 Å². The van der Waals surface area contributed by atoms with Crippen molar-refractivity contribution in [2.75, 3.05) is 13.7 Å². The van der Waals surface area contributed by atoms with Crippen molar-refractivity contribution in [3.8, 4) is 0 Å². The van der Waals surface area contributed by atoms with Crippen molar-refractivity contribution in [3.63, 3.8) is 0 Å². The fraction of sp³-hybridized carbons (Fsp3) is 0.500. The predicted molar refractivity (Wildman–Crippen MR) is 70.4 cm³/mol. The van der Waals surface area contributed by atoms with Crippen molar-refractivity contribution in [3.05, 3.63) is 28.4 Å². The first kappa shape index (κ1) is 13.7. The number of fused-ring (bicyclic) bond motifs is 1. The van der Waals surface area contributed by atoms with Gasteiger partial charge in [-0.15, -0.1) is 0 Å². The van der Waals surface area contributed by atoms with Gasteiger partial charge in [0.1, 0.15) is 12.4 Å². The minimum absolute atomic E-state index is 0.270. The zero-order chi connectivity index (χ0) is 15.0. The molecule has 0 spiro atoms. The van der Waals surface area contributed by atoms with Gasteiger partial charge >= 0.3 is 5.97 Å². The topological polar surface area (TPSA) is 113 Å². The van der Waals surface area contributed by atoms with Crippen LogP contribution in [0.3, 0.4) is 0 Å². The molecule has 1 fully saturated rings. The summed E-state index contributed by atoms with van der Waals surface area (Å²) in [5.74, 6) is -0.129. The minimum Gasteiger partial charge on any atom is -0.468 e. The van der Waals surface area contributed by atoms with Crippen molar-refractivity contribution in [1.29, 1.82) is 0 Å². The highest BCUT2D eigenvalue weighted by molar-refractivity contribution is 5.76. The van der Waals surface area contributed by atoms with E-state index in [1.165, 1.54) is 24.0 Å². The molecular formula is C12H15N5O4. The maximum atomic E-state index is 11.9. The highest BCUT2D eigenvalue weighted by Crippen LogP contribution is 2.20. The summed E-state index contributed by atoms with van der Waals surface area (Å²) in [5, 5.41) is 12.4. The van der Waals surface area contributed by atoms with E-state index in [1.807, 2.05) is 0 Å². The van der Waals surface area contributed by atoms with Crippen LogP contribution in [-0.4, -0.2) is 61.4 Å². The molecule has 2 aromatic heterocycles. The van der Waals surface area contributed by atoms with E-state index >= 15 is 0 Å². The number of nitrogens with zero attached hydrogens (tertiary/aromatic N) is 4. The highest BCUT2D eigenvalue weighted by Gasteiger charge is 2.36. The lowest BCUT2D eigenvalue weighted by Gasteiger charge is -2.21. The van der Waals surface area contributed by atoms with Gasteiger partial charge < -0.3 is 9.84 Å². The largest absolute Gasteiger partial charge is 0.468 e. The zero-order valence-corrected chi connectivity index (χ0v) is 11.4. The number of likely N-dealkylation sites (tertiary alicyclic amines) is 1. The Morgan fingerprint density at radius 1 is 1.62 bits per heavy atom. The van der Waals surface area contributed by atoms with Crippen LogP contribution in [0.2, 0.25) is 0 Å². The quantitative estimate of drug-likeness (QED) is 0.664. The molecule has 1 saturated heterocycles. The fourth-order valence-corrected chi connectivity index (χ4v) is 2.59. The first-order valence-electron chi connectivity index (χ1n) is 6.50. The molecule has 2 aromatic rings. The summed E-state index contributed by atoms with van der Waals surface area (Å²) in [7, 11) is 1.31. The molecule has 3 heterocycles. The standard InChI is InChI=1S/C12H15N5O4/c1-21-11(20)9-3-8(18)5-16(9)4-7-2-10(19)17-12(15-7)13-6-14-17/h2,6,8-9,18H,3-5H2,1H3,(H,13,14,15). The van der Waals surface area contributed by atoms with E-state index in [0.29, 0.717) is 18.7 Å². The Morgan fingerprint density at radius 2 is 2.43 bits per heavy atom. The fourth-order valence-electron chi connectivity index (χ4n) is 2.59. The Balaban J connectivity index is 1.86.